The topological polar surface area (TPSA) is 26.3 Å². The standard InChI is InChI=1S/C13H24O2/c1-6-11(3)9-8-10-13(5,7-2)15-12(4)14/h7,11H,2,6,8-10H2,1,3-5H3. The second kappa shape index (κ2) is 6.65. The van der Waals surface area contributed by atoms with Crippen LogP contribution >= 0.6 is 0 Å². The molecule has 88 valence electrons. The molecule has 2 atom stereocenters. The normalized spacial score (nSPS) is 16.5. The Morgan fingerprint density at radius 2 is 2.20 bits per heavy atom. The van der Waals surface area contributed by atoms with Crippen molar-refractivity contribution in [1.82, 2.24) is 0 Å². The van der Waals surface area contributed by atoms with Crippen LogP contribution in [0, 0.1) is 5.92 Å². The number of esters is 1. The van der Waals surface area contributed by atoms with Crippen LogP contribution in [0.5, 0.6) is 0 Å². The lowest BCUT2D eigenvalue weighted by Crippen LogP contribution is -2.28. The van der Waals surface area contributed by atoms with Crippen molar-refractivity contribution in [2.75, 3.05) is 0 Å². The molecule has 2 heteroatoms. The quantitative estimate of drug-likeness (QED) is 0.475. The molecule has 0 aliphatic rings. The van der Waals surface area contributed by atoms with E-state index in [0.29, 0.717) is 0 Å². The number of rotatable bonds is 7. The van der Waals surface area contributed by atoms with E-state index in [0.717, 1.165) is 18.8 Å². The first kappa shape index (κ1) is 14.2. The van der Waals surface area contributed by atoms with Crippen molar-refractivity contribution in [1.29, 1.82) is 0 Å². The Morgan fingerprint density at radius 1 is 1.60 bits per heavy atom. The molecule has 0 N–H and O–H groups in total. The van der Waals surface area contributed by atoms with Gasteiger partial charge in [0.05, 0.1) is 0 Å². The predicted octanol–water partition coefficient (Wildman–Crippen LogP) is 3.71. The molecule has 0 aliphatic heterocycles. The smallest absolute Gasteiger partial charge is 0.303 e. The van der Waals surface area contributed by atoms with Gasteiger partial charge in [0.2, 0.25) is 0 Å². The van der Waals surface area contributed by atoms with Crippen molar-refractivity contribution in [3.8, 4) is 0 Å². The van der Waals surface area contributed by atoms with Crippen LogP contribution in [0.2, 0.25) is 0 Å². The fourth-order valence-corrected chi connectivity index (χ4v) is 1.53. The maximum Gasteiger partial charge on any atom is 0.303 e. The molecule has 0 aromatic rings. The van der Waals surface area contributed by atoms with Crippen LogP contribution in [-0.2, 0) is 9.53 Å². The average molecular weight is 212 g/mol. The number of hydrogen-bond donors (Lipinski definition) is 0. The van der Waals surface area contributed by atoms with Crippen molar-refractivity contribution in [2.24, 2.45) is 5.92 Å². The molecule has 0 radical (unpaired) electrons. The van der Waals surface area contributed by atoms with Gasteiger partial charge in [0, 0.05) is 6.92 Å². The molecule has 0 bridgehead atoms. The van der Waals surface area contributed by atoms with E-state index in [2.05, 4.69) is 20.4 Å². The maximum atomic E-state index is 10.9. The Bertz CT molecular complexity index is 211. The fraction of sp³-hybridized carbons (Fsp3) is 0.769. The third kappa shape index (κ3) is 6.32. The lowest BCUT2D eigenvalue weighted by Gasteiger charge is -2.25. The van der Waals surface area contributed by atoms with Crippen LogP contribution in [0.15, 0.2) is 12.7 Å². The SMILES string of the molecule is C=CC(C)(CCCC(C)CC)OC(C)=O. The van der Waals surface area contributed by atoms with Crippen molar-refractivity contribution in [2.45, 2.75) is 59.0 Å². The van der Waals surface area contributed by atoms with Crippen LogP contribution in [0.25, 0.3) is 0 Å². The van der Waals surface area contributed by atoms with Crippen molar-refractivity contribution in [3.63, 3.8) is 0 Å². The summed E-state index contributed by atoms with van der Waals surface area (Å²) in [4.78, 5) is 10.9. The van der Waals surface area contributed by atoms with Gasteiger partial charge in [0.1, 0.15) is 5.60 Å². The lowest BCUT2D eigenvalue weighted by atomic mass is 9.94. The van der Waals surface area contributed by atoms with E-state index in [1.807, 2.05) is 6.92 Å². The second-order valence-electron chi connectivity index (χ2n) is 4.52. The van der Waals surface area contributed by atoms with Gasteiger partial charge in [-0.05, 0) is 31.8 Å². The molecule has 2 unspecified atom stereocenters. The predicted molar refractivity (Wildman–Crippen MR) is 63.7 cm³/mol. The highest BCUT2D eigenvalue weighted by atomic mass is 16.6. The van der Waals surface area contributed by atoms with Gasteiger partial charge in [-0.3, -0.25) is 4.79 Å². The monoisotopic (exact) mass is 212 g/mol. The first-order valence-corrected chi connectivity index (χ1v) is 5.76. The van der Waals surface area contributed by atoms with Crippen LogP contribution < -0.4 is 0 Å². The molecule has 0 aliphatic carbocycles. The van der Waals surface area contributed by atoms with E-state index < -0.39 is 5.60 Å². The highest BCUT2D eigenvalue weighted by Crippen LogP contribution is 2.22. The van der Waals surface area contributed by atoms with Crippen LogP contribution in [0.4, 0.5) is 0 Å². The molecule has 0 aromatic carbocycles. The Hall–Kier alpha value is -0.790. The number of carbonyl (C=O) groups excluding carboxylic acids is 1. The summed E-state index contributed by atoms with van der Waals surface area (Å²) in [7, 11) is 0. The zero-order valence-corrected chi connectivity index (χ0v) is 10.5. The maximum absolute atomic E-state index is 10.9. The highest BCUT2D eigenvalue weighted by molar-refractivity contribution is 5.66. The third-order valence-electron chi connectivity index (χ3n) is 2.88. The number of ether oxygens (including phenoxy) is 1. The molecule has 0 fully saturated rings. The Labute approximate surface area is 93.7 Å². The molecule has 0 spiro atoms. The first-order valence-electron chi connectivity index (χ1n) is 5.76. The molecular weight excluding hydrogens is 188 g/mol. The molecule has 0 rings (SSSR count). The van der Waals surface area contributed by atoms with Gasteiger partial charge in [-0.25, -0.2) is 0 Å². The summed E-state index contributed by atoms with van der Waals surface area (Å²) in [5.41, 5.74) is -0.487. The summed E-state index contributed by atoms with van der Waals surface area (Å²) in [5, 5.41) is 0. The molecule has 15 heavy (non-hydrogen) atoms. The van der Waals surface area contributed by atoms with E-state index in [-0.39, 0.29) is 5.97 Å². The van der Waals surface area contributed by atoms with Gasteiger partial charge in [-0.2, -0.15) is 0 Å². The van der Waals surface area contributed by atoms with Crippen molar-refractivity contribution >= 4 is 5.97 Å². The van der Waals surface area contributed by atoms with Gasteiger partial charge in [0.25, 0.3) is 0 Å². The van der Waals surface area contributed by atoms with E-state index >= 15 is 0 Å². The van der Waals surface area contributed by atoms with Gasteiger partial charge in [-0.1, -0.05) is 33.3 Å². The largest absolute Gasteiger partial charge is 0.455 e. The average Bonchev–Trinajstić information content (AvgIpc) is 2.16. The number of carbonyl (C=O) groups is 1. The van der Waals surface area contributed by atoms with Crippen molar-refractivity contribution < 1.29 is 9.53 Å². The molecule has 2 nitrogen and oxygen atoms in total. The third-order valence-corrected chi connectivity index (χ3v) is 2.88. The Balaban J connectivity index is 3.98. The minimum atomic E-state index is -0.487. The molecule has 0 saturated heterocycles. The summed E-state index contributed by atoms with van der Waals surface area (Å²) in [6, 6.07) is 0. The van der Waals surface area contributed by atoms with Crippen LogP contribution in [0.1, 0.15) is 53.4 Å². The molecule has 0 saturated carbocycles. The Kier molecular flexibility index (Phi) is 6.30. The minimum Gasteiger partial charge on any atom is -0.455 e. The van der Waals surface area contributed by atoms with Gasteiger partial charge >= 0.3 is 5.97 Å². The zero-order valence-electron chi connectivity index (χ0n) is 10.5. The lowest BCUT2D eigenvalue weighted by molar-refractivity contribution is -0.151. The molecular formula is C13H24O2. The van der Waals surface area contributed by atoms with E-state index in [1.165, 1.54) is 19.8 Å². The summed E-state index contributed by atoms with van der Waals surface area (Å²) in [6.45, 7) is 11.5. The second-order valence-corrected chi connectivity index (χ2v) is 4.52. The zero-order chi connectivity index (χ0) is 11.9. The van der Waals surface area contributed by atoms with Crippen molar-refractivity contribution in [3.05, 3.63) is 12.7 Å². The first-order chi connectivity index (χ1) is 6.93. The Morgan fingerprint density at radius 3 is 2.60 bits per heavy atom. The fourth-order valence-electron chi connectivity index (χ4n) is 1.53. The summed E-state index contributed by atoms with van der Waals surface area (Å²) < 4.78 is 5.25. The summed E-state index contributed by atoms with van der Waals surface area (Å²) in [5.74, 6) is 0.511. The van der Waals surface area contributed by atoms with E-state index in [9.17, 15) is 4.79 Å². The van der Waals surface area contributed by atoms with E-state index in [4.69, 9.17) is 4.74 Å². The summed E-state index contributed by atoms with van der Waals surface area (Å²) >= 11 is 0. The molecule has 0 heterocycles. The van der Waals surface area contributed by atoms with Gasteiger partial charge in [-0.15, -0.1) is 0 Å². The summed E-state index contributed by atoms with van der Waals surface area (Å²) in [6.07, 6.45) is 6.05. The van der Waals surface area contributed by atoms with Gasteiger partial charge in [0.15, 0.2) is 0 Å². The van der Waals surface area contributed by atoms with Crippen LogP contribution in [-0.4, -0.2) is 11.6 Å². The minimum absolute atomic E-state index is 0.235. The highest BCUT2D eigenvalue weighted by Gasteiger charge is 2.23. The molecule has 0 aromatic heterocycles. The van der Waals surface area contributed by atoms with Crippen LogP contribution in [0.3, 0.4) is 0 Å². The van der Waals surface area contributed by atoms with Gasteiger partial charge < -0.3 is 4.74 Å². The number of hydrogen-bond acceptors (Lipinski definition) is 2. The van der Waals surface area contributed by atoms with E-state index in [1.54, 1.807) is 6.08 Å². The molecule has 0 amide bonds.